The van der Waals surface area contributed by atoms with Crippen molar-refractivity contribution in [2.75, 3.05) is 11.1 Å². The monoisotopic (exact) mass is 545 g/mol. The molecule has 1 unspecified atom stereocenters. The molecule has 1 N–H and O–H groups in total. The first kappa shape index (κ1) is 25.6. The fourth-order valence-corrected chi connectivity index (χ4v) is 5.74. The van der Waals surface area contributed by atoms with Crippen molar-refractivity contribution in [2.24, 2.45) is 5.92 Å². The lowest BCUT2D eigenvalue weighted by Crippen LogP contribution is -2.34. The summed E-state index contributed by atoms with van der Waals surface area (Å²) >= 11 is 0. The maximum atomic E-state index is 13.8. The van der Waals surface area contributed by atoms with E-state index in [2.05, 4.69) is 42.1 Å². The second-order valence-corrected chi connectivity index (χ2v) is 12.0. The summed E-state index contributed by atoms with van der Waals surface area (Å²) < 4.78 is 13.8. The van der Waals surface area contributed by atoms with Crippen LogP contribution in [0, 0.1) is 12.8 Å². The van der Waals surface area contributed by atoms with Gasteiger partial charge in [0.2, 0.25) is 0 Å². The van der Waals surface area contributed by atoms with Gasteiger partial charge in [0, 0.05) is 30.1 Å². The predicted octanol–water partition coefficient (Wildman–Crippen LogP) is 3.72. The van der Waals surface area contributed by atoms with Crippen molar-refractivity contribution < 1.29 is 4.21 Å². The Morgan fingerprint density at radius 1 is 1.05 bits per heavy atom. The topological polar surface area (TPSA) is 141 Å². The number of anilines is 1. The molecule has 0 aliphatic heterocycles. The summed E-state index contributed by atoms with van der Waals surface area (Å²) in [4.78, 5) is 46.2. The number of hydrogen-bond donors (Lipinski definition) is 1. The van der Waals surface area contributed by atoms with Gasteiger partial charge in [0.15, 0.2) is 17.3 Å². The minimum absolute atomic E-state index is 0.0457. The first-order valence-corrected chi connectivity index (χ1v) is 14.8. The summed E-state index contributed by atoms with van der Waals surface area (Å²) in [6, 6.07) is -0.0457. The highest BCUT2D eigenvalue weighted by Gasteiger charge is 2.31. The van der Waals surface area contributed by atoms with Crippen LogP contribution in [-0.2, 0) is 17.3 Å². The SMILES string of the molecule is CCS(=O)c1cnc(CNc2nc3cnc(-c4c(C)ncnc4C4CC4)nc3n([C@@H](C)C3CCC3)c2=O)nc1. The summed E-state index contributed by atoms with van der Waals surface area (Å²) in [6.07, 6.45) is 11.9. The van der Waals surface area contributed by atoms with E-state index in [0.717, 1.165) is 42.6 Å². The van der Waals surface area contributed by atoms with Gasteiger partial charge in [-0.25, -0.2) is 34.9 Å². The molecule has 6 rings (SSSR count). The highest BCUT2D eigenvalue weighted by molar-refractivity contribution is 7.85. The number of aromatic nitrogens is 8. The van der Waals surface area contributed by atoms with Gasteiger partial charge >= 0.3 is 0 Å². The quantitative estimate of drug-likeness (QED) is 0.331. The molecule has 0 saturated heterocycles. The largest absolute Gasteiger partial charge is 0.358 e. The molecule has 12 heteroatoms. The lowest BCUT2D eigenvalue weighted by molar-refractivity contribution is 0.222. The van der Waals surface area contributed by atoms with E-state index in [1.54, 1.807) is 29.5 Å². The van der Waals surface area contributed by atoms with Crippen LogP contribution in [0.1, 0.15) is 75.1 Å². The van der Waals surface area contributed by atoms with Gasteiger partial charge in [0.1, 0.15) is 17.7 Å². The van der Waals surface area contributed by atoms with Crippen LogP contribution in [0.3, 0.4) is 0 Å². The molecule has 4 heterocycles. The highest BCUT2D eigenvalue weighted by Crippen LogP contribution is 2.43. The van der Waals surface area contributed by atoms with Gasteiger partial charge in [-0.15, -0.1) is 0 Å². The van der Waals surface area contributed by atoms with E-state index in [1.165, 1.54) is 6.42 Å². The Morgan fingerprint density at radius 3 is 2.49 bits per heavy atom. The number of hydrogen-bond acceptors (Lipinski definition) is 10. The fourth-order valence-electron chi connectivity index (χ4n) is 5.06. The number of nitrogens with zero attached hydrogens (tertiary/aromatic N) is 8. The van der Waals surface area contributed by atoms with Gasteiger partial charge in [0.25, 0.3) is 5.56 Å². The highest BCUT2D eigenvalue weighted by atomic mass is 32.2. The van der Waals surface area contributed by atoms with Crippen LogP contribution >= 0.6 is 0 Å². The Labute approximate surface area is 228 Å². The molecule has 39 heavy (non-hydrogen) atoms. The molecule has 0 amide bonds. The van der Waals surface area contributed by atoms with Crippen LogP contribution in [0.25, 0.3) is 22.6 Å². The molecule has 4 aromatic heterocycles. The van der Waals surface area contributed by atoms with Crippen LogP contribution < -0.4 is 10.9 Å². The van der Waals surface area contributed by atoms with Crippen molar-refractivity contribution in [1.29, 1.82) is 0 Å². The predicted molar refractivity (Wildman–Crippen MR) is 148 cm³/mol. The number of nitrogens with one attached hydrogen (secondary N) is 1. The molecule has 0 bridgehead atoms. The summed E-state index contributed by atoms with van der Waals surface area (Å²) in [6.45, 7) is 6.08. The minimum atomic E-state index is -1.12. The summed E-state index contributed by atoms with van der Waals surface area (Å²) in [5.74, 6) is 2.51. The maximum absolute atomic E-state index is 13.8. The molecule has 11 nitrogen and oxygen atoms in total. The molecule has 2 saturated carbocycles. The molecule has 2 atom stereocenters. The van der Waals surface area contributed by atoms with Gasteiger partial charge in [-0.05, 0) is 45.4 Å². The van der Waals surface area contributed by atoms with E-state index < -0.39 is 10.8 Å². The van der Waals surface area contributed by atoms with Gasteiger partial charge in [0.05, 0.1) is 45.4 Å². The van der Waals surface area contributed by atoms with Crippen LogP contribution in [0.5, 0.6) is 0 Å². The molecule has 202 valence electrons. The van der Waals surface area contributed by atoms with Crippen molar-refractivity contribution in [2.45, 2.75) is 76.3 Å². The lowest BCUT2D eigenvalue weighted by Gasteiger charge is -2.33. The average Bonchev–Trinajstić information content (AvgIpc) is 3.76. The Kier molecular flexibility index (Phi) is 6.88. The fraction of sp³-hybridized carbons (Fsp3) is 0.481. The second kappa shape index (κ2) is 10.5. The Morgan fingerprint density at radius 2 is 1.82 bits per heavy atom. The van der Waals surface area contributed by atoms with E-state index in [9.17, 15) is 9.00 Å². The van der Waals surface area contributed by atoms with Crippen LogP contribution in [0.4, 0.5) is 5.82 Å². The second-order valence-electron chi connectivity index (χ2n) is 10.3. The standard InChI is InChI=1S/C27H31N9O2S/c1-4-39(38)19-10-28-21(29-11-19)13-31-25-27(37)36(16(3)17-6-5-7-17)26-20(34-25)12-30-24(35-26)22-15(2)32-14-33-23(22)18-8-9-18/h10-12,14,16-18H,4-9,13H2,1-3H3,(H,31,34)/t16-,39?/m0/s1. The van der Waals surface area contributed by atoms with Crippen molar-refractivity contribution >= 4 is 27.8 Å². The summed E-state index contributed by atoms with van der Waals surface area (Å²) in [5, 5.41) is 3.12. The van der Waals surface area contributed by atoms with Crippen molar-refractivity contribution in [3.63, 3.8) is 0 Å². The zero-order valence-electron chi connectivity index (χ0n) is 22.3. The van der Waals surface area contributed by atoms with E-state index in [0.29, 0.717) is 45.3 Å². The Balaban J connectivity index is 1.40. The van der Waals surface area contributed by atoms with E-state index in [4.69, 9.17) is 4.98 Å². The van der Waals surface area contributed by atoms with Gasteiger partial charge in [-0.2, -0.15) is 0 Å². The first-order valence-electron chi connectivity index (χ1n) is 13.5. The normalized spacial score (nSPS) is 17.1. The van der Waals surface area contributed by atoms with Crippen molar-refractivity contribution in [3.05, 3.63) is 52.5 Å². The lowest BCUT2D eigenvalue weighted by atomic mass is 9.80. The average molecular weight is 546 g/mol. The third-order valence-electron chi connectivity index (χ3n) is 7.75. The Hall–Kier alpha value is -3.67. The van der Waals surface area contributed by atoms with E-state index in [-0.39, 0.29) is 24.0 Å². The molecule has 0 spiro atoms. The maximum Gasteiger partial charge on any atom is 0.295 e. The van der Waals surface area contributed by atoms with E-state index in [1.807, 2.05) is 13.8 Å². The van der Waals surface area contributed by atoms with Crippen LogP contribution in [-0.4, -0.2) is 49.4 Å². The molecule has 0 radical (unpaired) electrons. The molecule has 2 aliphatic rings. The molecular weight excluding hydrogens is 514 g/mol. The third kappa shape index (κ3) is 4.93. The number of fused-ring (bicyclic) bond motifs is 1. The molecule has 0 aromatic carbocycles. The van der Waals surface area contributed by atoms with Gasteiger partial charge < -0.3 is 5.32 Å². The van der Waals surface area contributed by atoms with Crippen LogP contribution in [0.2, 0.25) is 0 Å². The molecule has 2 fully saturated rings. The van der Waals surface area contributed by atoms with Gasteiger partial charge in [-0.1, -0.05) is 13.3 Å². The number of aryl methyl sites for hydroxylation is 1. The Bertz CT molecular complexity index is 1610. The van der Waals surface area contributed by atoms with E-state index >= 15 is 0 Å². The molecular formula is C27H31N9O2S. The van der Waals surface area contributed by atoms with Gasteiger partial charge in [-0.3, -0.25) is 13.6 Å². The molecule has 4 aromatic rings. The smallest absolute Gasteiger partial charge is 0.295 e. The zero-order valence-corrected chi connectivity index (χ0v) is 23.1. The summed E-state index contributed by atoms with van der Waals surface area (Å²) in [7, 11) is -1.12. The first-order chi connectivity index (χ1) is 18.9. The third-order valence-corrected chi connectivity index (χ3v) is 9.01. The van der Waals surface area contributed by atoms with Crippen molar-refractivity contribution in [1.82, 2.24) is 39.5 Å². The summed E-state index contributed by atoms with van der Waals surface area (Å²) in [5.41, 5.74) is 3.46. The minimum Gasteiger partial charge on any atom is -0.358 e. The molecule has 2 aliphatic carbocycles. The number of rotatable bonds is 9. The van der Waals surface area contributed by atoms with Crippen molar-refractivity contribution in [3.8, 4) is 11.4 Å². The zero-order chi connectivity index (χ0) is 27.1. The van der Waals surface area contributed by atoms with Crippen LogP contribution in [0.15, 0.2) is 34.6 Å².